The molecule has 0 radical (unpaired) electrons. The summed E-state index contributed by atoms with van der Waals surface area (Å²) in [5.41, 5.74) is 0.838. The van der Waals surface area contributed by atoms with Gasteiger partial charge in [0, 0.05) is 11.8 Å². The highest BCUT2D eigenvalue weighted by Crippen LogP contribution is 2.21. The number of nitrogens with zero attached hydrogens (tertiary/aromatic N) is 1. The number of amides is 1. The summed E-state index contributed by atoms with van der Waals surface area (Å²) in [4.78, 5) is 16.0. The van der Waals surface area contributed by atoms with Gasteiger partial charge in [0.2, 0.25) is 0 Å². The van der Waals surface area contributed by atoms with E-state index < -0.39 is 5.82 Å². The molecule has 1 aromatic carbocycles. The molecule has 98 valence electrons. The van der Waals surface area contributed by atoms with E-state index >= 15 is 0 Å². The van der Waals surface area contributed by atoms with Gasteiger partial charge in [-0.1, -0.05) is 0 Å². The second-order valence-corrected chi connectivity index (χ2v) is 4.40. The predicted molar refractivity (Wildman–Crippen MR) is 72.8 cm³/mol. The van der Waals surface area contributed by atoms with Gasteiger partial charge in [-0.3, -0.25) is 4.79 Å². The minimum absolute atomic E-state index is 0.0258. The number of pyridine rings is 1. The Morgan fingerprint density at radius 2 is 2.21 bits per heavy atom. The fourth-order valence-corrected chi connectivity index (χ4v) is 1.82. The molecule has 1 heterocycles. The van der Waals surface area contributed by atoms with Crippen molar-refractivity contribution in [3.63, 3.8) is 0 Å². The number of rotatable bonds is 3. The summed E-state index contributed by atoms with van der Waals surface area (Å²) in [5.74, 6) is -0.855. The lowest BCUT2D eigenvalue weighted by Crippen LogP contribution is -2.12. The van der Waals surface area contributed by atoms with E-state index in [1.54, 1.807) is 18.3 Å². The van der Waals surface area contributed by atoms with E-state index in [1.807, 2.05) is 0 Å². The fraction of sp³-hybridized carbons (Fsp3) is 0.0769. The van der Waals surface area contributed by atoms with Crippen molar-refractivity contribution in [1.82, 2.24) is 4.98 Å². The number of ether oxygens (including phenoxy) is 1. The van der Waals surface area contributed by atoms with Crippen LogP contribution in [-0.2, 0) is 0 Å². The van der Waals surface area contributed by atoms with Gasteiger partial charge in [0.25, 0.3) is 5.91 Å². The van der Waals surface area contributed by atoms with Gasteiger partial charge >= 0.3 is 0 Å². The van der Waals surface area contributed by atoms with Crippen LogP contribution in [0.3, 0.4) is 0 Å². The Morgan fingerprint density at radius 3 is 2.89 bits per heavy atom. The van der Waals surface area contributed by atoms with Crippen LogP contribution < -0.4 is 10.1 Å². The third-order valence-corrected chi connectivity index (χ3v) is 3.05. The summed E-state index contributed by atoms with van der Waals surface area (Å²) in [5, 5.41) is 2.67. The molecule has 1 aromatic heterocycles. The smallest absolute Gasteiger partial charge is 0.255 e. The van der Waals surface area contributed by atoms with Gasteiger partial charge in [-0.25, -0.2) is 9.37 Å². The average Bonchev–Trinajstić information content (AvgIpc) is 2.42. The van der Waals surface area contributed by atoms with Crippen molar-refractivity contribution in [3.8, 4) is 5.75 Å². The predicted octanol–water partition coefficient (Wildman–Crippen LogP) is 3.24. The van der Waals surface area contributed by atoms with Gasteiger partial charge in [-0.05, 0) is 46.3 Å². The largest absolute Gasteiger partial charge is 0.494 e. The molecule has 0 aliphatic rings. The summed E-state index contributed by atoms with van der Waals surface area (Å²) in [7, 11) is 1.35. The topological polar surface area (TPSA) is 51.2 Å². The lowest BCUT2D eigenvalue weighted by Gasteiger charge is -2.08. The van der Waals surface area contributed by atoms with Crippen LogP contribution in [0, 0.1) is 5.82 Å². The molecule has 1 N–H and O–H groups in total. The monoisotopic (exact) mass is 324 g/mol. The number of aromatic nitrogens is 1. The van der Waals surface area contributed by atoms with Gasteiger partial charge in [0.05, 0.1) is 12.8 Å². The van der Waals surface area contributed by atoms with E-state index in [0.29, 0.717) is 15.9 Å². The molecule has 4 nitrogen and oxygen atoms in total. The molecule has 2 aromatic rings. The first-order valence-electron chi connectivity index (χ1n) is 5.37. The quantitative estimate of drug-likeness (QED) is 0.882. The Morgan fingerprint density at radius 1 is 1.42 bits per heavy atom. The molecule has 6 heteroatoms. The lowest BCUT2D eigenvalue weighted by molar-refractivity contribution is 0.102. The molecule has 0 bridgehead atoms. The van der Waals surface area contributed by atoms with Crippen LogP contribution in [-0.4, -0.2) is 18.0 Å². The fourth-order valence-electron chi connectivity index (χ4n) is 1.47. The number of carbonyl (C=O) groups excluding carboxylic acids is 1. The van der Waals surface area contributed by atoms with E-state index in [4.69, 9.17) is 4.74 Å². The average molecular weight is 325 g/mol. The van der Waals surface area contributed by atoms with Crippen LogP contribution in [0.1, 0.15) is 10.4 Å². The van der Waals surface area contributed by atoms with Crippen molar-refractivity contribution < 1.29 is 13.9 Å². The van der Waals surface area contributed by atoms with E-state index in [-0.39, 0.29) is 11.7 Å². The van der Waals surface area contributed by atoms with Gasteiger partial charge in [-0.2, -0.15) is 0 Å². The molecule has 2 rings (SSSR count). The molecule has 0 saturated heterocycles. The van der Waals surface area contributed by atoms with Gasteiger partial charge in [0.15, 0.2) is 11.6 Å². The normalized spacial score (nSPS) is 10.1. The lowest BCUT2D eigenvalue weighted by atomic mass is 10.2. The van der Waals surface area contributed by atoms with Gasteiger partial charge < -0.3 is 10.1 Å². The molecule has 0 spiro atoms. The molecule has 0 aliphatic heterocycles. The Kier molecular flexibility index (Phi) is 4.11. The van der Waals surface area contributed by atoms with E-state index in [0.717, 1.165) is 0 Å². The molecule has 0 fully saturated rings. The maximum Gasteiger partial charge on any atom is 0.255 e. The summed E-state index contributed by atoms with van der Waals surface area (Å²) in [6.07, 6.45) is 1.60. The third-order valence-electron chi connectivity index (χ3n) is 2.42. The summed E-state index contributed by atoms with van der Waals surface area (Å²) in [6.45, 7) is 0. The Labute approximate surface area is 117 Å². The highest BCUT2D eigenvalue weighted by molar-refractivity contribution is 9.10. The van der Waals surface area contributed by atoms with Crippen LogP contribution in [0.5, 0.6) is 5.75 Å². The number of halogens is 2. The van der Waals surface area contributed by atoms with Crippen molar-refractivity contribution in [1.29, 1.82) is 0 Å². The zero-order chi connectivity index (χ0) is 13.8. The molecular formula is C13H10BrFN2O2. The van der Waals surface area contributed by atoms with Crippen LogP contribution in [0.25, 0.3) is 0 Å². The number of methoxy groups -OCH3 is 1. The maximum absolute atomic E-state index is 13.3. The van der Waals surface area contributed by atoms with Crippen LogP contribution in [0.15, 0.2) is 41.1 Å². The third kappa shape index (κ3) is 3.08. The molecule has 1 amide bonds. The van der Waals surface area contributed by atoms with E-state index in [9.17, 15) is 9.18 Å². The number of anilines is 1. The SMILES string of the molecule is COc1cc(C(=O)Nc2cccnc2Br)ccc1F. The second kappa shape index (κ2) is 5.79. The Balaban J connectivity index is 2.23. The Hall–Kier alpha value is -1.95. The second-order valence-electron chi connectivity index (χ2n) is 3.65. The van der Waals surface area contributed by atoms with E-state index in [1.165, 1.54) is 25.3 Å². The summed E-state index contributed by atoms with van der Waals surface area (Å²) >= 11 is 3.23. The van der Waals surface area contributed by atoms with Gasteiger partial charge in [0.1, 0.15) is 4.60 Å². The number of hydrogen-bond acceptors (Lipinski definition) is 3. The van der Waals surface area contributed by atoms with Crippen molar-refractivity contribution in [2.75, 3.05) is 12.4 Å². The molecule has 0 saturated carbocycles. The minimum atomic E-state index is -0.512. The summed E-state index contributed by atoms with van der Waals surface area (Å²) in [6, 6.07) is 7.32. The van der Waals surface area contributed by atoms with Crippen LogP contribution in [0.2, 0.25) is 0 Å². The first-order chi connectivity index (χ1) is 9.11. The van der Waals surface area contributed by atoms with Crippen LogP contribution >= 0.6 is 15.9 Å². The van der Waals surface area contributed by atoms with Crippen molar-refractivity contribution in [3.05, 3.63) is 52.5 Å². The number of hydrogen-bond donors (Lipinski definition) is 1. The molecular weight excluding hydrogens is 315 g/mol. The number of nitrogens with one attached hydrogen (secondary N) is 1. The van der Waals surface area contributed by atoms with Crippen molar-refractivity contribution in [2.45, 2.75) is 0 Å². The molecule has 0 atom stereocenters. The molecule has 0 unspecified atom stereocenters. The first-order valence-corrected chi connectivity index (χ1v) is 6.16. The van der Waals surface area contributed by atoms with Crippen molar-refractivity contribution >= 4 is 27.5 Å². The minimum Gasteiger partial charge on any atom is -0.494 e. The highest BCUT2D eigenvalue weighted by atomic mass is 79.9. The van der Waals surface area contributed by atoms with Crippen LogP contribution in [0.4, 0.5) is 10.1 Å². The Bertz CT molecular complexity index is 619. The zero-order valence-corrected chi connectivity index (χ0v) is 11.6. The number of carbonyl (C=O) groups is 1. The maximum atomic E-state index is 13.3. The molecule has 19 heavy (non-hydrogen) atoms. The van der Waals surface area contributed by atoms with Crippen molar-refractivity contribution in [2.24, 2.45) is 0 Å². The van der Waals surface area contributed by atoms with Gasteiger partial charge in [-0.15, -0.1) is 0 Å². The zero-order valence-electron chi connectivity index (χ0n) is 9.98. The standard InChI is InChI=1S/C13H10BrFN2O2/c1-19-11-7-8(4-5-9(11)15)13(18)17-10-3-2-6-16-12(10)14/h2-7H,1H3,(H,17,18). The molecule has 0 aliphatic carbocycles. The highest BCUT2D eigenvalue weighted by Gasteiger charge is 2.11. The first kappa shape index (κ1) is 13.5. The van der Waals surface area contributed by atoms with E-state index in [2.05, 4.69) is 26.2 Å². The number of benzene rings is 1. The summed E-state index contributed by atoms with van der Waals surface area (Å²) < 4.78 is 18.6.